The Morgan fingerprint density at radius 1 is 1.19 bits per heavy atom. The molecule has 1 amide bonds. The lowest BCUT2D eigenvalue weighted by Crippen LogP contribution is -2.36. The molecule has 5 nitrogen and oxygen atoms in total. The number of fused-ring (bicyclic) bond motifs is 1. The first kappa shape index (κ1) is 21.4. The van der Waals surface area contributed by atoms with E-state index in [0.29, 0.717) is 28.0 Å². The summed E-state index contributed by atoms with van der Waals surface area (Å²) in [5.41, 5.74) is 1.35. The van der Waals surface area contributed by atoms with Crippen molar-refractivity contribution in [1.82, 2.24) is 9.88 Å². The van der Waals surface area contributed by atoms with Gasteiger partial charge in [-0.15, -0.1) is 12.4 Å². The van der Waals surface area contributed by atoms with Crippen LogP contribution in [0.5, 0.6) is 5.75 Å². The maximum Gasteiger partial charge on any atom is 0.263 e. The third-order valence-corrected chi connectivity index (χ3v) is 5.20. The minimum atomic E-state index is -0.130. The van der Waals surface area contributed by atoms with Gasteiger partial charge in [-0.05, 0) is 44.4 Å². The number of likely N-dealkylation sites (N-methyl/N-ethyl adjacent to an activating group) is 1. The van der Waals surface area contributed by atoms with Crippen molar-refractivity contribution in [3.05, 3.63) is 53.1 Å². The van der Waals surface area contributed by atoms with Gasteiger partial charge in [0.15, 0.2) is 5.13 Å². The van der Waals surface area contributed by atoms with Crippen molar-refractivity contribution in [2.45, 2.75) is 0 Å². The molecule has 0 bridgehead atoms. The first-order valence-corrected chi connectivity index (χ1v) is 9.34. The van der Waals surface area contributed by atoms with Crippen molar-refractivity contribution in [3.63, 3.8) is 0 Å². The third kappa shape index (κ3) is 4.90. The summed E-state index contributed by atoms with van der Waals surface area (Å²) in [6.07, 6.45) is 0. The first-order valence-electron chi connectivity index (χ1n) is 8.15. The Hall–Kier alpha value is -1.86. The van der Waals surface area contributed by atoms with Crippen LogP contribution in [0.15, 0.2) is 42.5 Å². The summed E-state index contributed by atoms with van der Waals surface area (Å²) in [4.78, 5) is 21.6. The Labute approximate surface area is 173 Å². The van der Waals surface area contributed by atoms with Gasteiger partial charge in [0.2, 0.25) is 0 Å². The number of anilines is 1. The van der Waals surface area contributed by atoms with Gasteiger partial charge in [-0.3, -0.25) is 9.69 Å². The predicted molar refractivity (Wildman–Crippen MR) is 115 cm³/mol. The molecule has 0 saturated carbocycles. The Morgan fingerprint density at radius 3 is 2.63 bits per heavy atom. The molecular formula is C19H21Cl2N3O2S. The summed E-state index contributed by atoms with van der Waals surface area (Å²) in [7, 11) is 5.52. The summed E-state index contributed by atoms with van der Waals surface area (Å²) in [5.74, 6) is 0.422. The quantitative estimate of drug-likeness (QED) is 0.579. The number of methoxy groups -OCH3 is 1. The van der Waals surface area contributed by atoms with Gasteiger partial charge in [0.05, 0.1) is 22.9 Å². The molecule has 0 N–H and O–H groups in total. The lowest BCUT2D eigenvalue weighted by Gasteiger charge is -2.22. The fraction of sp³-hybridized carbons (Fsp3) is 0.263. The Bertz CT molecular complexity index is 930. The number of amides is 1. The molecule has 3 rings (SSSR count). The summed E-state index contributed by atoms with van der Waals surface area (Å²) >= 11 is 7.54. The highest BCUT2D eigenvalue weighted by molar-refractivity contribution is 7.22. The summed E-state index contributed by atoms with van der Waals surface area (Å²) < 4.78 is 6.31. The van der Waals surface area contributed by atoms with Gasteiger partial charge in [-0.25, -0.2) is 4.98 Å². The summed E-state index contributed by atoms with van der Waals surface area (Å²) in [6.45, 7) is 1.25. The van der Waals surface area contributed by atoms with Crippen LogP contribution in [0.3, 0.4) is 0 Å². The normalized spacial score (nSPS) is 10.7. The smallest absolute Gasteiger partial charge is 0.263 e. The van der Waals surface area contributed by atoms with Gasteiger partial charge in [-0.2, -0.15) is 0 Å². The number of carbonyl (C=O) groups excluding carboxylic acids is 1. The van der Waals surface area contributed by atoms with E-state index >= 15 is 0 Å². The number of ether oxygens (including phenoxy) is 1. The van der Waals surface area contributed by atoms with Crippen LogP contribution in [0, 0.1) is 0 Å². The molecule has 0 atom stereocenters. The highest BCUT2D eigenvalue weighted by Gasteiger charge is 2.23. The molecule has 0 saturated heterocycles. The number of hydrogen-bond donors (Lipinski definition) is 0. The second kappa shape index (κ2) is 9.37. The van der Waals surface area contributed by atoms with Crippen molar-refractivity contribution in [2.75, 3.05) is 39.2 Å². The monoisotopic (exact) mass is 425 g/mol. The number of thiazole rings is 1. The molecule has 8 heteroatoms. The zero-order valence-corrected chi connectivity index (χ0v) is 17.7. The molecule has 0 aliphatic rings. The standard InChI is InChI=1S/C19H20ClN3O2S.ClH/c1-22(2)10-11-23(18(24)14-6-4-5-7-16(14)25-3)19-21-15-9-8-13(20)12-17(15)26-19;/h4-9,12H,10-11H2,1-3H3;1H. The number of hydrogen-bond acceptors (Lipinski definition) is 5. The second-order valence-electron chi connectivity index (χ2n) is 6.07. The minimum absolute atomic E-state index is 0. The van der Waals surface area contributed by atoms with Crippen LogP contribution >= 0.6 is 35.3 Å². The van der Waals surface area contributed by atoms with Crippen LogP contribution < -0.4 is 9.64 Å². The van der Waals surface area contributed by atoms with Gasteiger partial charge >= 0.3 is 0 Å². The lowest BCUT2D eigenvalue weighted by molar-refractivity contribution is 0.0982. The SMILES string of the molecule is COc1ccccc1C(=O)N(CCN(C)C)c1nc2ccc(Cl)cc2s1.Cl. The van der Waals surface area contributed by atoms with Gasteiger partial charge in [0.25, 0.3) is 5.91 Å². The molecule has 1 aromatic heterocycles. The number of halogens is 2. The summed E-state index contributed by atoms with van der Waals surface area (Å²) in [6, 6.07) is 12.8. The molecule has 3 aromatic rings. The van der Waals surface area contributed by atoms with E-state index in [-0.39, 0.29) is 18.3 Å². The van der Waals surface area contributed by atoms with E-state index in [1.807, 2.05) is 43.3 Å². The van der Waals surface area contributed by atoms with E-state index in [2.05, 4.69) is 4.98 Å². The number of carbonyl (C=O) groups is 1. The summed E-state index contributed by atoms with van der Waals surface area (Å²) in [5, 5.41) is 1.31. The van der Waals surface area contributed by atoms with E-state index in [1.165, 1.54) is 11.3 Å². The highest BCUT2D eigenvalue weighted by atomic mass is 35.5. The highest BCUT2D eigenvalue weighted by Crippen LogP contribution is 2.32. The maximum atomic E-state index is 13.2. The number of para-hydroxylation sites is 1. The fourth-order valence-corrected chi connectivity index (χ4v) is 3.82. The molecule has 0 spiro atoms. The van der Waals surface area contributed by atoms with Gasteiger partial charge in [0, 0.05) is 18.1 Å². The molecule has 0 radical (unpaired) electrons. The van der Waals surface area contributed by atoms with E-state index in [0.717, 1.165) is 16.8 Å². The minimum Gasteiger partial charge on any atom is -0.496 e. The largest absolute Gasteiger partial charge is 0.496 e. The lowest BCUT2D eigenvalue weighted by atomic mass is 10.1. The number of nitrogens with zero attached hydrogens (tertiary/aromatic N) is 3. The van der Waals surface area contributed by atoms with Crippen molar-refractivity contribution >= 4 is 56.6 Å². The topological polar surface area (TPSA) is 45.7 Å². The van der Waals surface area contributed by atoms with E-state index in [9.17, 15) is 4.79 Å². The molecule has 2 aromatic carbocycles. The van der Waals surface area contributed by atoms with Crippen molar-refractivity contribution in [3.8, 4) is 5.75 Å². The zero-order valence-electron chi connectivity index (χ0n) is 15.3. The van der Waals surface area contributed by atoms with E-state index < -0.39 is 0 Å². The van der Waals surface area contributed by atoms with Crippen LogP contribution in [0.25, 0.3) is 10.2 Å². The van der Waals surface area contributed by atoms with Crippen molar-refractivity contribution in [2.24, 2.45) is 0 Å². The first-order chi connectivity index (χ1) is 12.5. The maximum absolute atomic E-state index is 13.2. The van der Waals surface area contributed by atoms with E-state index in [4.69, 9.17) is 16.3 Å². The Morgan fingerprint density at radius 2 is 1.93 bits per heavy atom. The molecule has 144 valence electrons. The third-order valence-electron chi connectivity index (χ3n) is 3.92. The second-order valence-corrected chi connectivity index (χ2v) is 7.51. The molecule has 1 heterocycles. The van der Waals surface area contributed by atoms with Crippen molar-refractivity contribution < 1.29 is 9.53 Å². The van der Waals surface area contributed by atoms with Gasteiger partial charge in [-0.1, -0.05) is 35.1 Å². The average Bonchev–Trinajstić information content (AvgIpc) is 3.04. The average molecular weight is 426 g/mol. The molecule has 27 heavy (non-hydrogen) atoms. The molecule has 0 aliphatic carbocycles. The Balaban J connectivity index is 0.00000261. The number of benzene rings is 2. The van der Waals surface area contributed by atoms with Crippen LogP contribution in [0.1, 0.15) is 10.4 Å². The number of aromatic nitrogens is 1. The fourth-order valence-electron chi connectivity index (χ4n) is 2.55. The van der Waals surface area contributed by atoms with Crippen LogP contribution in [-0.4, -0.2) is 50.1 Å². The van der Waals surface area contributed by atoms with E-state index in [1.54, 1.807) is 30.2 Å². The van der Waals surface area contributed by atoms with Gasteiger partial charge in [0.1, 0.15) is 5.75 Å². The zero-order chi connectivity index (χ0) is 18.7. The predicted octanol–water partition coefficient (Wildman–Crippen LogP) is 4.59. The molecule has 0 aliphatic heterocycles. The van der Waals surface area contributed by atoms with Crippen LogP contribution in [-0.2, 0) is 0 Å². The Kier molecular flexibility index (Phi) is 7.44. The van der Waals surface area contributed by atoms with Gasteiger partial charge < -0.3 is 9.64 Å². The molecule has 0 unspecified atom stereocenters. The molecule has 0 fully saturated rings. The van der Waals surface area contributed by atoms with Crippen molar-refractivity contribution in [1.29, 1.82) is 0 Å². The van der Waals surface area contributed by atoms with Crippen LogP contribution in [0.4, 0.5) is 5.13 Å². The van der Waals surface area contributed by atoms with Crippen LogP contribution in [0.2, 0.25) is 5.02 Å². The number of rotatable bonds is 6. The molecular weight excluding hydrogens is 405 g/mol.